The Balaban J connectivity index is 1.51. The van der Waals surface area contributed by atoms with Crippen molar-refractivity contribution in [3.8, 4) is 0 Å². The molecule has 0 aromatic heterocycles. The van der Waals surface area contributed by atoms with Crippen molar-refractivity contribution in [2.24, 2.45) is 0 Å². The Labute approximate surface area is 132 Å². The molecule has 2 aromatic rings. The van der Waals surface area contributed by atoms with Crippen molar-refractivity contribution in [1.82, 2.24) is 10.2 Å². The zero-order valence-electron chi connectivity index (χ0n) is 12.9. The molecule has 3 rings (SSSR count). The van der Waals surface area contributed by atoms with Gasteiger partial charge in [0.25, 0.3) is 0 Å². The molecule has 3 heteroatoms. The van der Waals surface area contributed by atoms with E-state index in [4.69, 9.17) is 4.74 Å². The first-order valence-corrected chi connectivity index (χ1v) is 8.02. The van der Waals surface area contributed by atoms with Crippen molar-refractivity contribution >= 4 is 0 Å². The number of nitrogens with one attached hydrogen (secondary N) is 1. The zero-order chi connectivity index (χ0) is 15.0. The van der Waals surface area contributed by atoms with Crippen molar-refractivity contribution in [3.63, 3.8) is 0 Å². The molecule has 1 aliphatic heterocycles. The Morgan fingerprint density at radius 3 is 2.36 bits per heavy atom. The third kappa shape index (κ3) is 4.41. The summed E-state index contributed by atoms with van der Waals surface area (Å²) in [5.74, 6) is 0. The lowest BCUT2D eigenvalue weighted by Crippen LogP contribution is -2.52. The van der Waals surface area contributed by atoms with Gasteiger partial charge < -0.3 is 10.1 Å². The molecular weight excluding hydrogens is 272 g/mol. The third-order valence-corrected chi connectivity index (χ3v) is 4.12. The van der Waals surface area contributed by atoms with Crippen molar-refractivity contribution in [2.75, 3.05) is 26.2 Å². The van der Waals surface area contributed by atoms with Crippen molar-refractivity contribution in [3.05, 3.63) is 71.8 Å². The van der Waals surface area contributed by atoms with Gasteiger partial charge in [-0.1, -0.05) is 60.7 Å². The average Bonchev–Trinajstić information content (AvgIpc) is 2.58. The number of hydrogen-bond acceptors (Lipinski definition) is 3. The highest BCUT2D eigenvalue weighted by Gasteiger charge is 2.22. The predicted octanol–water partition coefficient (Wildman–Crippen LogP) is 2.68. The molecule has 1 N–H and O–H groups in total. The number of piperazine rings is 1. The summed E-state index contributed by atoms with van der Waals surface area (Å²) in [7, 11) is 0. The van der Waals surface area contributed by atoms with Crippen LogP contribution in [0, 0.1) is 0 Å². The van der Waals surface area contributed by atoms with E-state index in [0.29, 0.717) is 12.6 Å². The molecule has 1 atom stereocenters. The summed E-state index contributed by atoms with van der Waals surface area (Å²) in [6.07, 6.45) is 0. The van der Waals surface area contributed by atoms with Crippen LogP contribution in [0.25, 0.3) is 0 Å². The topological polar surface area (TPSA) is 24.5 Å². The molecule has 0 bridgehead atoms. The molecule has 3 nitrogen and oxygen atoms in total. The first-order valence-electron chi connectivity index (χ1n) is 8.02. The first kappa shape index (κ1) is 15.2. The summed E-state index contributed by atoms with van der Waals surface area (Å²) < 4.78 is 5.95. The van der Waals surface area contributed by atoms with E-state index in [0.717, 1.165) is 32.8 Å². The van der Waals surface area contributed by atoms with Crippen molar-refractivity contribution in [1.29, 1.82) is 0 Å². The molecule has 1 heterocycles. The highest BCUT2D eigenvalue weighted by molar-refractivity contribution is 5.15. The molecule has 0 amide bonds. The molecular formula is C19H24N2O. The molecule has 2 aromatic carbocycles. The minimum absolute atomic E-state index is 0.442. The quantitative estimate of drug-likeness (QED) is 0.887. The van der Waals surface area contributed by atoms with E-state index in [2.05, 4.69) is 64.8 Å². The number of hydrogen-bond donors (Lipinski definition) is 1. The number of benzene rings is 2. The van der Waals surface area contributed by atoms with Crippen LogP contribution >= 0.6 is 0 Å². The fourth-order valence-corrected chi connectivity index (χ4v) is 2.88. The van der Waals surface area contributed by atoms with Gasteiger partial charge >= 0.3 is 0 Å². The molecule has 0 saturated carbocycles. The maximum Gasteiger partial charge on any atom is 0.0717 e. The minimum Gasteiger partial charge on any atom is -0.375 e. The van der Waals surface area contributed by atoms with Crippen molar-refractivity contribution in [2.45, 2.75) is 19.2 Å². The van der Waals surface area contributed by atoms with Crippen LogP contribution in [0.1, 0.15) is 11.1 Å². The standard InChI is InChI=1S/C19H24N2O/c1-3-7-17(8-4-1)14-21-12-11-20-13-19(21)16-22-15-18-9-5-2-6-10-18/h1-10,19-20H,11-16H2/t19-/m0/s1. The third-order valence-electron chi connectivity index (χ3n) is 4.12. The van der Waals surface area contributed by atoms with Crippen LogP contribution in [-0.4, -0.2) is 37.2 Å². The molecule has 116 valence electrons. The fourth-order valence-electron chi connectivity index (χ4n) is 2.88. The molecule has 1 saturated heterocycles. The second-order valence-corrected chi connectivity index (χ2v) is 5.81. The van der Waals surface area contributed by atoms with Gasteiger partial charge in [0.05, 0.1) is 13.2 Å². The maximum absolute atomic E-state index is 5.95. The predicted molar refractivity (Wildman–Crippen MR) is 89.6 cm³/mol. The van der Waals surface area contributed by atoms with Crippen LogP contribution in [0.15, 0.2) is 60.7 Å². The highest BCUT2D eigenvalue weighted by atomic mass is 16.5. The van der Waals surface area contributed by atoms with Gasteiger partial charge in [0.15, 0.2) is 0 Å². The van der Waals surface area contributed by atoms with Gasteiger partial charge in [-0.25, -0.2) is 0 Å². The summed E-state index contributed by atoms with van der Waals surface area (Å²) in [4.78, 5) is 2.52. The Bertz CT molecular complexity index is 544. The average molecular weight is 296 g/mol. The lowest BCUT2D eigenvalue weighted by Gasteiger charge is -2.36. The maximum atomic E-state index is 5.95. The van der Waals surface area contributed by atoms with Gasteiger partial charge in [-0.2, -0.15) is 0 Å². The molecule has 0 aliphatic carbocycles. The van der Waals surface area contributed by atoms with Crippen LogP contribution in [-0.2, 0) is 17.9 Å². The zero-order valence-corrected chi connectivity index (χ0v) is 12.9. The van der Waals surface area contributed by atoms with E-state index >= 15 is 0 Å². The van der Waals surface area contributed by atoms with E-state index in [9.17, 15) is 0 Å². The van der Waals surface area contributed by atoms with Gasteiger partial charge in [-0.15, -0.1) is 0 Å². The highest BCUT2D eigenvalue weighted by Crippen LogP contribution is 2.11. The lowest BCUT2D eigenvalue weighted by molar-refractivity contribution is 0.0355. The van der Waals surface area contributed by atoms with Crippen LogP contribution in [0.5, 0.6) is 0 Å². The van der Waals surface area contributed by atoms with Gasteiger partial charge in [0.1, 0.15) is 0 Å². The SMILES string of the molecule is c1ccc(COC[C@@H]2CNCCN2Cc2ccccc2)cc1. The summed E-state index contributed by atoms with van der Waals surface area (Å²) in [6, 6.07) is 21.5. The monoisotopic (exact) mass is 296 g/mol. The van der Waals surface area contributed by atoms with E-state index in [-0.39, 0.29) is 0 Å². The Hall–Kier alpha value is -1.68. The smallest absolute Gasteiger partial charge is 0.0717 e. The van der Waals surface area contributed by atoms with E-state index in [1.807, 2.05) is 6.07 Å². The van der Waals surface area contributed by atoms with E-state index in [1.165, 1.54) is 11.1 Å². The molecule has 1 aliphatic rings. The van der Waals surface area contributed by atoms with Crippen LogP contribution in [0.3, 0.4) is 0 Å². The Kier molecular flexibility index (Phi) is 5.59. The lowest BCUT2D eigenvalue weighted by atomic mass is 10.1. The summed E-state index contributed by atoms with van der Waals surface area (Å²) >= 11 is 0. The molecule has 0 radical (unpaired) electrons. The first-order chi connectivity index (χ1) is 10.9. The van der Waals surface area contributed by atoms with E-state index in [1.54, 1.807) is 0 Å². The Morgan fingerprint density at radius 1 is 0.955 bits per heavy atom. The van der Waals surface area contributed by atoms with E-state index < -0.39 is 0 Å². The van der Waals surface area contributed by atoms with Crippen LogP contribution in [0.4, 0.5) is 0 Å². The Morgan fingerprint density at radius 2 is 1.64 bits per heavy atom. The number of ether oxygens (including phenoxy) is 1. The number of rotatable bonds is 6. The van der Waals surface area contributed by atoms with Crippen LogP contribution < -0.4 is 5.32 Å². The summed E-state index contributed by atoms with van der Waals surface area (Å²) in [6.45, 7) is 5.60. The summed E-state index contributed by atoms with van der Waals surface area (Å²) in [5.41, 5.74) is 2.61. The largest absolute Gasteiger partial charge is 0.375 e. The second-order valence-electron chi connectivity index (χ2n) is 5.81. The molecule has 1 fully saturated rings. The molecule has 0 spiro atoms. The fraction of sp³-hybridized carbons (Fsp3) is 0.368. The minimum atomic E-state index is 0.442. The van der Waals surface area contributed by atoms with Crippen LogP contribution in [0.2, 0.25) is 0 Å². The summed E-state index contributed by atoms with van der Waals surface area (Å²) in [5, 5.41) is 3.48. The number of nitrogens with zero attached hydrogens (tertiary/aromatic N) is 1. The van der Waals surface area contributed by atoms with Gasteiger partial charge in [-0.3, -0.25) is 4.90 Å². The van der Waals surface area contributed by atoms with Gasteiger partial charge in [0, 0.05) is 32.2 Å². The normalized spacial score (nSPS) is 19.2. The van der Waals surface area contributed by atoms with Gasteiger partial charge in [0.2, 0.25) is 0 Å². The molecule has 22 heavy (non-hydrogen) atoms. The second kappa shape index (κ2) is 8.08. The molecule has 0 unspecified atom stereocenters. The van der Waals surface area contributed by atoms with Crippen molar-refractivity contribution < 1.29 is 4.74 Å². The van der Waals surface area contributed by atoms with Gasteiger partial charge in [-0.05, 0) is 11.1 Å².